The number of hydrogen-bond donors (Lipinski definition) is 1. The molecule has 1 N–H and O–H groups in total. The van der Waals surface area contributed by atoms with E-state index in [4.69, 9.17) is 9.72 Å². The van der Waals surface area contributed by atoms with Crippen molar-refractivity contribution in [1.82, 2.24) is 15.3 Å². The Morgan fingerprint density at radius 2 is 2.05 bits per heavy atom. The average molecular weight is 277 g/mol. The van der Waals surface area contributed by atoms with E-state index in [1.165, 1.54) is 19.3 Å². The molecular formula is C16H27N3O. The highest BCUT2D eigenvalue weighted by molar-refractivity contribution is 5.10. The van der Waals surface area contributed by atoms with Gasteiger partial charge in [0.15, 0.2) is 5.82 Å². The summed E-state index contributed by atoms with van der Waals surface area (Å²) in [5, 5.41) is 3.39. The minimum absolute atomic E-state index is 0.242. The maximum absolute atomic E-state index is 6.09. The third-order valence-corrected chi connectivity index (χ3v) is 3.94. The summed E-state index contributed by atoms with van der Waals surface area (Å²) in [6.07, 6.45) is 8.83. The number of hydrogen-bond acceptors (Lipinski definition) is 4. The van der Waals surface area contributed by atoms with Gasteiger partial charge in [-0.2, -0.15) is 0 Å². The van der Waals surface area contributed by atoms with Crippen LogP contribution in [-0.4, -0.2) is 23.1 Å². The zero-order chi connectivity index (χ0) is 14.3. The Kier molecular flexibility index (Phi) is 5.92. The van der Waals surface area contributed by atoms with Crippen LogP contribution in [0.4, 0.5) is 0 Å². The normalized spacial score (nSPS) is 18.1. The maximum atomic E-state index is 6.09. The molecule has 0 aromatic carbocycles. The number of nitrogens with one attached hydrogen (secondary N) is 1. The molecule has 1 aromatic heterocycles. The van der Waals surface area contributed by atoms with Crippen molar-refractivity contribution >= 4 is 0 Å². The van der Waals surface area contributed by atoms with E-state index in [9.17, 15) is 0 Å². The Morgan fingerprint density at radius 1 is 1.25 bits per heavy atom. The van der Waals surface area contributed by atoms with Gasteiger partial charge in [-0.3, -0.25) is 0 Å². The highest BCUT2D eigenvalue weighted by atomic mass is 16.5. The van der Waals surface area contributed by atoms with E-state index in [-0.39, 0.29) is 5.60 Å². The van der Waals surface area contributed by atoms with E-state index >= 15 is 0 Å². The van der Waals surface area contributed by atoms with Gasteiger partial charge < -0.3 is 10.1 Å². The third kappa shape index (κ3) is 3.76. The molecule has 0 saturated heterocycles. The van der Waals surface area contributed by atoms with Crippen molar-refractivity contribution in [2.24, 2.45) is 0 Å². The van der Waals surface area contributed by atoms with E-state index in [1.54, 1.807) is 0 Å². The largest absolute Gasteiger partial charge is 0.367 e. The molecule has 0 unspecified atom stereocenters. The molecule has 20 heavy (non-hydrogen) atoms. The zero-order valence-electron chi connectivity index (χ0n) is 12.8. The van der Waals surface area contributed by atoms with E-state index in [0.29, 0.717) is 0 Å². The summed E-state index contributed by atoms with van der Waals surface area (Å²) in [7, 11) is 0. The van der Waals surface area contributed by atoms with Gasteiger partial charge in [0.1, 0.15) is 5.60 Å². The molecule has 1 fully saturated rings. The van der Waals surface area contributed by atoms with Crippen molar-refractivity contribution in [1.29, 1.82) is 0 Å². The van der Waals surface area contributed by atoms with Gasteiger partial charge in [-0.1, -0.05) is 26.2 Å². The number of rotatable bonds is 7. The topological polar surface area (TPSA) is 47.0 Å². The first-order valence-corrected chi connectivity index (χ1v) is 7.98. The van der Waals surface area contributed by atoms with Crippen molar-refractivity contribution in [3.63, 3.8) is 0 Å². The Balaban J connectivity index is 2.13. The lowest BCUT2D eigenvalue weighted by Gasteiger charge is -2.35. The van der Waals surface area contributed by atoms with Gasteiger partial charge in [-0.15, -0.1) is 0 Å². The molecule has 1 aliphatic carbocycles. The molecule has 112 valence electrons. The van der Waals surface area contributed by atoms with E-state index in [2.05, 4.69) is 24.1 Å². The first-order chi connectivity index (χ1) is 9.80. The van der Waals surface area contributed by atoms with Crippen LogP contribution in [0.15, 0.2) is 12.3 Å². The highest BCUT2D eigenvalue weighted by Crippen LogP contribution is 2.38. The predicted octanol–water partition coefficient (Wildman–Crippen LogP) is 3.17. The fraction of sp³-hybridized carbons (Fsp3) is 0.750. The lowest BCUT2D eigenvalue weighted by atomic mass is 9.83. The SMILES string of the molecule is CCCNCc1ccnc(C2(OCC)CCCCC2)n1. The molecule has 0 aliphatic heterocycles. The second-order valence-electron chi connectivity index (χ2n) is 5.54. The van der Waals surface area contributed by atoms with E-state index in [1.807, 2.05) is 12.3 Å². The summed E-state index contributed by atoms with van der Waals surface area (Å²) < 4.78 is 6.09. The van der Waals surface area contributed by atoms with Crippen molar-refractivity contribution in [2.45, 2.75) is 64.5 Å². The first kappa shape index (κ1) is 15.4. The first-order valence-electron chi connectivity index (χ1n) is 7.98. The second kappa shape index (κ2) is 7.70. The zero-order valence-corrected chi connectivity index (χ0v) is 12.8. The van der Waals surface area contributed by atoms with Gasteiger partial charge in [-0.25, -0.2) is 9.97 Å². The average Bonchev–Trinajstić information content (AvgIpc) is 2.49. The fourth-order valence-electron chi connectivity index (χ4n) is 2.94. The van der Waals surface area contributed by atoms with Gasteiger partial charge in [0.25, 0.3) is 0 Å². The van der Waals surface area contributed by atoms with Crippen LogP contribution >= 0.6 is 0 Å². The molecule has 0 radical (unpaired) electrons. The second-order valence-corrected chi connectivity index (χ2v) is 5.54. The Hall–Kier alpha value is -1.00. The summed E-state index contributed by atoms with van der Waals surface area (Å²) in [6, 6.07) is 1.99. The molecule has 1 saturated carbocycles. The summed E-state index contributed by atoms with van der Waals surface area (Å²) in [4.78, 5) is 9.28. The summed E-state index contributed by atoms with van der Waals surface area (Å²) in [5.74, 6) is 0.884. The summed E-state index contributed by atoms with van der Waals surface area (Å²) in [5.41, 5.74) is 0.821. The monoisotopic (exact) mass is 277 g/mol. The van der Waals surface area contributed by atoms with Crippen LogP contribution < -0.4 is 5.32 Å². The van der Waals surface area contributed by atoms with Gasteiger partial charge in [0, 0.05) is 19.3 Å². The predicted molar refractivity (Wildman–Crippen MR) is 80.4 cm³/mol. The van der Waals surface area contributed by atoms with Crippen molar-refractivity contribution in [3.8, 4) is 0 Å². The van der Waals surface area contributed by atoms with Gasteiger partial charge >= 0.3 is 0 Å². The molecular weight excluding hydrogens is 250 g/mol. The standard InChI is InChI=1S/C16H27N3O/c1-3-11-17-13-14-8-12-18-15(19-14)16(20-4-2)9-6-5-7-10-16/h8,12,17H,3-7,9-11,13H2,1-2H3. The smallest absolute Gasteiger partial charge is 0.160 e. The van der Waals surface area contributed by atoms with E-state index in [0.717, 1.165) is 50.5 Å². The van der Waals surface area contributed by atoms with Gasteiger partial charge in [0.2, 0.25) is 0 Å². The Morgan fingerprint density at radius 3 is 2.75 bits per heavy atom. The van der Waals surface area contributed by atoms with Crippen LogP contribution in [-0.2, 0) is 16.9 Å². The molecule has 1 heterocycles. The molecule has 0 amide bonds. The number of ether oxygens (including phenoxy) is 1. The van der Waals surface area contributed by atoms with Crippen LogP contribution in [0.1, 0.15) is 63.9 Å². The molecule has 4 heteroatoms. The molecule has 1 aromatic rings. The molecule has 4 nitrogen and oxygen atoms in total. The number of aromatic nitrogens is 2. The van der Waals surface area contributed by atoms with Crippen molar-refractivity contribution < 1.29 is 4.74 Å². The summed E-state index contributed by atoms with van der Waals surface area (Å²) in [6.45, 7) is 6.79. The van der Waals surface area contributed by atoms with Gasteiger partial charge in [-0.05, 0) is 38.8 Å². The van der Waals surface area contributed by atoms with Crippen LogP contribution in [0.3, 0.4) is 0 Å². The number of nitrogens with zero attached hydrogens (tertiary/aromatic N) is 2. The lowest BCUT2D eigenvalue weighted by Crippen LogP contribution is -2.35. The van der Waals surface area contributed by atoms with Crippen molar-refractivity contribution in [2.75, 3.05) is 13.2 Å². The van der Waals surface area contributed by atoms with Crippen LogP contribution in [0.2, 0.25) is 0 Å². The van der Waals surface area contributed by atoms with E-state index < -0.39 is 0 Å². The van der Waals surface area contributed by atoms with Gasteiger partial charge in [0.05, 0.1) is 5.69 Å². The summed E-state index contributed by atoms with van der Waals surface area (Å²) >= 11 is 0. The molecule has 0 bridgehead atoms. The Bertz CT molecular complexity index is 397. The third-order valence-electron chi connectivity index (χ3n) is 3.94. The Labute approximate surface area is 122 Å². The lowest BCUT2D eigenvalue weighted by molar-refractivity contribution is -0.0768. The fourth-order valence-corrected chi connectivity index (χ4v) is 2.94. The maximum Gasteiger partial charge on any atom is 0.160 e. The molecule has 2 rings (SSSR count). The molecule has 1 aliphatic rings. The quantitative estimate of drug-likeness (QED) is 0.778. The highest BCUT2D eigenvalue weighted by Gasteiger charge is 2.37. The minimum atomic E-state index is -0.242. The molecule has 0 atom stereocenters. The molecule has 0 spiro atoms. The van der Waals surface area contributed by atoms with Crippen LogP contribution in [0.25, 0.3) is 0 Å². The van der Waals surface area contributed by atoms with Crippen LogP contribution in [0, 0.1) is 0 Å². The van der Waals surface area contributed by atoms with Crippen LogP contribution in [0.5, 0.6) is 0 Å². The minimum Gasteiger partial charge on any atom is -0.367 e. The van der Waals surface area contributed by atoms with Crippen molar-refractivity contribution in [3.05, 3.63) is 23.8 Å².